The van der Waals surface area contributed by atoms with Crippen molar-refractivity contribution in [3.63, 3.8) is 0 Å². The largest absolute Gasteiger partial charge is 0.497 e. The van der Waals surface area contributed by atoms with Gasteiger partial charge in [0.15, 0.2) is 0 Å². The number of carbonyl (C=O) groups excluding carboxylic acids is 1. The number of hydrogen-bond acceptors (Lipinski definition) is 5. The fraction of sp³-hybridized carbons (Fsp3) is 0.0870. The van der Waals surface area contributed by atoms with Crippen LogP contribution in [0.5, 0.6) is 17.4 Å². The number of aryl methyl sites for hydroxylation is 1. The molecule has 0 saturated carbocycles. The van der Waals surface area contributed by atoms with Crippen LogP contribution in [0.2, 0.25) is 0 Å². The molecule has 7 heteroatoms. The van der Waals surface area contributed by atoms with Gasteiger partial charge in [0, 0.05) is 29.7 Å². The van der Waals surface area contributed by atoms with E-state index in [0.717, 1.165) is 5.82 Å². The van der Waals surface area contributed by atoms with Gasteiger partial charge in [-0.05, 0) is 67.6 Å². The summed E-state index contributed by atoms with van der Waals surface area (Å²) < 4.78 is 12.9. The number of ether oxygens (including phenoxy) is 2. The number of nitrogens with one attached hydrogen (secondary N) is 1. The van der Waals surface area contributed by atoms with Gasteiger partial charge in [-0.3, -0.25) is 4.79 Å². The number of anilines is 1. The van der Waals surface area contributed by atoms with Gasteiger partial charge in [0.1, 0.15) is 23.1 Å². The molecule has 0 fully saturated rings. The minimum atomic E-state index is -0.200. The van der Waals surface area contributed by atoms with Crippen LogP contribution in [0.15, 0.2) is 79.1 Å². The molecular formula is C23H20N4O3. The van der Waals surface area contributed by atoms with Crippen molar-refractivity contribution in [2.75, 3.05) is 12.4 Å². The Balaban J connectivity index is 1.44. The van der Waals surface area contributed by atoms with Gasteiger partial charge < -0.3 is 19.4 Å². The predicted octanol–water partition coefficient (Wildman–Crippen LogP) is 4.63. The summed E-state index contributed by atoms with van der Waals surface area (Å²) in [7, 11) is 1.59. The summed E-state index contributed by atoms with van der Waals surface area (Å²) in [5, 5.41) is 2.86. The molecule has 0 aliphatic rings. The summed E-state index contributed by atoms with van der Waals surface area (Å²) in [6, 6.07) is 19.6. The van der Waals surface area contributed by atoms with Crippen molar-refractivity contribution >= 4 is 11.6 Å². The summed E-state index contributed by atoms with van der Waals surface area (Å²) in [4.78, 5) is 21.1. The normalized spacial score (nSPS) is 10.5. The summed E-state index contributed by atoms with van der Waals surface area (Å²) in [6.45, 7) is 1.82. The number of hydrogen-bond donors (Lipinski definition) is 1. The maximum absolute atomic E-state index is 12.4. The average Bonchev–Trinajstić information content (AvgIpc) is 3.30. The van der Waals surface area contributed by atoms with Gasteiger partial charge in [0.05, 0.1) is 7.11 Å². The van der Waals surface area contributed by atoms with Gasteiger partial charge in [0.2, 0.25) is 5.88 Å². The van der Waals surface area contributed by atoms with E-state index in [4.69, 9.17) is 9.47 Å². The van der Waals surface area contributed by atoms with Crippen LogP contribution in [0.25, 0.3) is 5.82 Å². The number of amides is 1. The molecule has 0 aliphatic heterocycles. The van der Waals surface area contributed by atoms with Gasteiger partial charge in [-0.1, -0.05) is 0 Å². The first-order chi connectivity index (χ1) is 14.6. The Bertz CT molecular complexity index is 1140. The monoisotopic (exact) mass is 400 g/mol. The molecule has 1 amide bonds. The average molecular weight is 400 g/mol. The van der Waals surface area contributed by atoms with Crippen LogP contribution in [0, 0.1) is 6.92 Å². The van der Waals surface area contributed by atoms with Crippen LogP contribution < -0.4 is 14.8 Å². The Labute approximate surface area is 173 Å². The van der Waals surface area contributed by atoms with Crippen molar-refractivity contribution in [1.29, 1.82) is 0 Å². The number of methoxy groups -OCH3 is 1. The zero-order valence-electron chi connectivity index (χ0n) is 16.6. The lowest BCUT2D eigenvalue weighted by Gasteiger charge is -2.10. The van der Waals surface area contributed by atoms with E-state index in [1.54, 1.807) is 61.7 Å². The highest BCUT2D eigenvalue weighted by Gasteiger charge is 2.08. The van der Waals surface area contributed by atoms with Crippen molar-refractivity contribution in [1.82, 2.24) is 14.5 Å². The third kappa shape index (κ3) is 4.47. The van der Waals surface area contributed by atoms with Crippen molar-refractivity contribution in [2.24, 2.45) is 0 Å². The molecule has 2 heterocycles. The van der Waals surface area contributed by atoms with Crippen LogP contribution in [-0.2, 0) is 0 Å². The van der Waals surface area contributed by atoms with Gasteiger partial charge in [-0.2, -0.15) is 4.98 Å². The van der Waals surface area contributed by atoms with Crippen LogP contribution in [0.1, 0.15) is 16.2 Å². The van der Waals surface area contributed by atoms with E-state index in [0.29, 0.717) is 34.5 Å². The number of aromatic nitrogens is 3. The molecule has 0 radical (unpaired) electrons. The molecule has 0 saturated heterocycles. The highest BCUT2D eigenvalue weighted by Crippen LogP contribution is 2.23. The molecule has 4 aromatic rings. The van der Waals surface area contributed by atoms with E-state index in [-0.39, 0.29) is 5.91 Å². The topological polar surface area (TPSA) is 78.3 Å². The number of carbonyl (C=O) groups is 1. The summed E-state index contributed by atoms with van der Waals surface area (Å²) >= 11 is 0. The smallest absolute Gasteiger partial charge is 0.255 e. The molecule has 30 heavy (non-hydrogen) atoms. The summed E-state index contributed by atoms with van der Waals surface area (Å²) in [5.74, 6) is 2.89. The lowest BCUT2D eigenvalue weighted by Crippen LogP contribution is -2.11. The van der Waals surface area contributed by atoms with E-state index < -0.39 is 0 Å². The van der Waals surface area contributed by atoms with Gasteiger partial charge >= 0.3 is 0 Å². The highest BCUT2D eigenvalue weighted by molar-refractivity contribution is 6.04. The first kappa shape index (κ1) is 19.2. The molecular weight excluding hydrogens is 380 g/mol. The summed E-state index contributed by atoms with van der Waals surface area (Å²) in [6.07, 6.45) is 3.82. The molecule has 7 nitrogen and oxygen atoms in total. The molecule has 2 aromatic carbocycles. The second-order valence-corrected chi connectivity index (χ2v) is 6.51. The maximum Gasteiger partial charge on any atom is 0.255 e. The second-order valence-electron chi connectivity index (χ2n) is 6.51. The van der Waals surface area contributed by atoms with Crippen molar-refractivity contribution in [3.05, 3.63) is 90.5 Å². The molecule has 0 atom stereocenters. The van der Waals surface area contributed by atoms with E-state index in [1.165, 1.54) is 0 Å². The third-order valence-corrected chi connectivity index (χ3v) is 4.36. The Hall–Kier alpha value is -4.13. The lowest BCUT2D eigenvalue weighted by molar-refractivity contribution is 0.102. The van der Waals surface area contributed by atoms with Crippen LogP contribution in [0.4, 0.5) is 5.69 Å². The van der Waals surface area contributed by atoms with Crippen LogP contribution in [0.3, 0.4) is 0 Å². The lowest BCUT2D eigenvalue weighted by atomic mass is 10.2. The minimum Gasteiger partial charge on any atom is -0.497 e. The zero-order valence-corrected chi connectivity index (χ0v) is 16.6. The summed E-state index contributed by atoms with van der Waals surface area (Å²) in [5.41, 5.74) is 1.21. The first-order valence-electron chi connectivity index (χ1n) is 9.33. The van der Waals surface area contributed by atoms with E-state index in [9.17, 15) is 4.79 Å². The Kier molecular flexibility index (Phi) is 5.43. The molecule has 0 unspecified atom stereocenters. The molecule has 1 N–H and O–H groups in total. The molecule has 150 valence electrons. The minimum absolute atomic E-state index is 0.200. The van der Waals surface area contributed by atoms with Crippen molar-refractivity contribution in [2.45, 2.75) is 6.92 Å². The van der Waals surface area contributed by atoms with Gasteiger partial charge in [-0.25, -0.2) is 4.98 Å². The fourth-order valence-corrected chi connectivity index (χ4v) is 2.87. The molecule has 4 rings (SSSR count). The Morgan fingerprint density at radius 3 is 2.27 bits per heavy atom. The number of rotatable bonds is 6. The molecule has 0 aliphatic carbocycles. The second kappa shape index (κ2) is 8.48. The van der Waals surface area contributed by atoms with Crippen LogP contribution >= 0.6 is 0 Å². The van der Waals surface area contributed by atoms with E-state index >= 15 is 0 Å². The third-order valence-electron chi connectivity index (χ3n) is 4.36. The van der Waals surface area contributed by atoms with Crippen LogP contribution in [-0.4, -0.2) is 27.6 Å². The van der Waals surface area contributed by atoms with E-state index in [1.807, 2.05) is 36.0 Å². The highest BCUT2D eigenvalue weighted by atomic mass is 16.5. The molecule has 0 bridgehead atoms. The first-order valence-corrected chi connectivity index (χ1v) is 9.33. The standard InChI is InChI=1S/C23H20N4O3/c1-16-24-21(27-13-3-4-14-27)15-22(25-16)30-20-11-7-18(8-12-20)26-23(28)17-5-9-19(29-2)10-6-17/h3-15H,1-2H3,(H,26,28). The molecule has 2 aromatic heterocycles. The Morgan fingerprint density at radius 1 is 0.933 bits per heavy atom. The Morgan fingerprint density at radius 2 is 1.60 bits per heavy atom. The van der Waals surface area contributed by atoms with Crippen molar-refractivity contribution < 1.29 is 14.3 Å². The molecule has 0 spiro atoms. The number of benzene rings is 2. The quantitative estimate of drug-likeness (QED) is 0.511. The predicted molar refractivity (Wildman–Crippen MR) is 114 cm³/mol. The number of nitrogens with zero attached hydrogens (tertiary/aromatic N) is 3. The van der Waals surface area contributed by atoms with Crippen molar-refractivity contribution in [3.8, 4) is 23.2 Å². The fourth-order valence-electron chi connectivity index (χ4n) is 2.87. The maximum atomic E-state index is 12.4. The SMILES string of the molecule is COc1ccc(C(=O)Nc2ccc(Oc3cc(-n4cccc4)nc(C)n3)cc2)cc1. The van der Waals surface area contributed by atoms with Gasteiger partial charge in [-0.15, -0.1) is 0 Å². The zero-order chi connectivity index (χ0) is 20.9. The van der Waals surface area contributed by atoms with E-state index in [2.05, 4.69) is 15.3 Å². The van der Waals surface area contributed by atoms with Gasteiger partial charge in [0.25, 0.3) is 5.91 Å².